The fourth-order valence-electron chi connectivity index (χ4n) is 2.30. The molecule has 3 nitrogen and oxygen atoms in total. The van der Waals surface area contributed by atoms with E-state index in [2.05, 4.69) is 10.6 Å². The molecular formula is C15H22N2OS. The molecule has 104 valence electrons. The molecule has 1 aromatic carbocycles. The SMILES string of the molecule is O=C(CSc1ccccc1)NCCC1CCCNC1. The molecule has 2 rings (SSSR count). The molecular weight excluding hydrogens is 256 g/mol. The molecule has 2 N–H and O–H groups in total. The van der Waals surface area contributed by atoms with E-state index in [1.807, 2.05) is 30.3 Å². The number of nitrogens with one attached hydrogen (secondary N) is 2. The lowest BCUT2D eigenvalue weighted by atomic mass is 9.96. The first-order chi connectivity index (χ1) is 9.34. The van der Waals surface area contributed by atoms with Crippen LogP contribution < -0.4 is 10.6 Å². The maximum atomic E-state index is 11.7. The Morgan fingerprint density at radius 2 is 2.21 bits per heavy atom. The molecule has 1 saturated heterocycles. The average molecular weight is 278 g/mol. The van der Waals surface area contributed by atoms with E-state index in [1.54, 1.807) is 11.8 Å². The molecule has 1 heterocycles. The van der Waals surface area contributed by atoms with E-state index in [9.17, 15) is 4.79 Å². The highest BCUT2D eigenvalue weighted by Crippen LogP contribution is 2.16. The quantitative estimate of drug-likeness (QED) is 0.785. The van der Waals surface area contributed by atoms with E-state index in [1.165, 1.54) is 12.8 Å². The summed E-state index contributed by atoms with van der Waals surface area (Å²) in [6.07, 6.45) is 3.65. The van der Waals surface area contributed by atoms with Gasteiger partial charge in [0.1, 0.15) is 0 Å². The molecule has 1 aliphatic rings. The smallest absolute Gasteiger partial charge is 0.230 e. The third kappa shape index (κ3) is 5.66. The van der Waals surface area contributed by atoms with Gasteiger partial charge in [0.25, 0.3) is 0 Å². The van der Waals surface area contributed by atoms with Crippen LogP contribution in [0.4, 0.5) is 0 Å². The first-order valence-corrected chi connectivity index (χ1v) is 7.98. The zero-order chi connectivity index (χ0) is 13.3. The zero-order valence-corrected chi connectivity index (χ0v) is 12.0. The van der Waals surface area contributed by atoms with Crippen LogP contribution in [-0.2, 0) is 4.79 Å². The van der Waals surface area contributed by atoms with Gasteiger partial charge in [-0.1, -0.05) is 18.2 Å². The standard InChI is InChI=1S/C15H22N2OS/c18-15(12-19-14-6-2-1-3-7-14)17-10-8-13-5-4-9-16-11-13/h1-3,6-7,13,16H,4-5,8-12H2,(H,17,18). The molecule has 1 aliphatic heterocycles. The summed E-state index contributed by atoms with van der Waals surface area (Å²) in [5.74, 6) is 1.38. The normalized spacial score (nSPS) is 19.1. The summed E-state index contributed by atoms with van der Waals surface area (Å²) in [5.41, 5.74) is 0. The molecule has 1 unspecified atom stereocenters. The fourth-order valence-corrected chi connectivity index (χ4v) is 3.05. The van der Waals surface area contributed by atoms with Gasteiger partial charge in [-0.2, -0.15) is 0 Å². The molecule has 1 atom stereocenters. The van der Waals surface area contributed by atoms with Crippen LogP contribution >= 0.6 is 11.8 Å². The highest BCUT2D eigenvalue weighted by molar-refractivity contribution is 8.00. The van der Waals surface area contributed by atoms with Crippen LogP contribution in [0.1, 0.15) is 19.3 Å². The fraction of sp³-hybridized carbons (Fsp3) is 0.533. The Morgan fingerprint density at radius 3 is 2.95 bits per heavy atom. The lowest BCUT2D eigenvalue weighted by Gasteiger charge is -2.22. The second-order valence-corrected chi connectivity index (χ2v) is 6.00. The minimum Gasteiger partial charge on any atom is -0.355 e. The van der Waals surface area contributed by atoms with Gasteiger partial charge in [-0.15, -0.1) is 11.8 Å². The van der Waals surface area contributed by atoms with Gasteiger partial charge < -0.3 is 10.6 Å². The maximum Gasteiger partial charge on any atom is 0.230 e. The second-order valence-electron chi connectivity index (χ2n) is 4.95. The molecule has 1 amide bonds. The predicted molar refractivity (Wildman–Crippen MR) is 80.4 cm³/mol. The van der Waals surface area contributed by atoms with Crippen molar-refractivity contribution >= 4 is 17.7 Å². The molecule has 0 radical (unpaired) electrons. The van der Waals surface area contributed by atoms with Crippen molar-refractivity contribution in [2.75, 3.05) is 25.4 Å². The number of hydrogen-bond acceptors (Lipinski definition) is 3. The van der Waals surface area contributed by atoms with Crippen LogP contribution in [0.3, 0.4) is 0 Å². The lowest BCUT2D eigenvalue weighted by molar-refractivity contribution is -0.118. The van der Waals surface area contributed by atoms with Gasteiger partial charge in [0, 0.05) is 11.4 Å². The first kappa shape index (κ1) is 14.4. The van der Waals surface area contributed by atoms with Crippen molar-refractivity contribution in [1.29, 1.82) is 0 Å². The number of carbonyl (C=O) groups is 1. The minimum absolute atomic E-state index is 0.137. The van der Waals surface area contributed by atoms with E-state index in [0.717, 1.165) is 36.9 Å². The molecule has 4 heteroatoms. The highest BCUT2D eigenvalue weighted by Gasteiger charge is 2.12. The van der Waals surface area contributed by atoms with Gasteiger partial charge in [0.05, 0.1) is 5.75 Å². The molecule has 0 bridgehead atoms. The van der Waals surface area contributed by atoms with Gasteiger partial charge >= 0.3 is 0 Å². The Balaban J connectivity index is 1.57. The number of hydrogen-bond donors (Lipinski definition) is 2. The highest BCUT2D eigenvalue weighted by atomic mass is 32.2. The molecule has 0 saturated carbocycles. The average Bonchev–Trinajstić information content (AvgIpc) is 2.47. The number of rotatable bonds is 6. The van der Waals surface area contributed by atoms with E-state index in [0.29, 0.717) is 5.75 Å². The van der Waals surface area contributed by atoms with E-state index in [-0.39, 0.29) is 5.91 Å². The predicted octanol–water partition coefficient (Wildman–Crippen LogP) is 2.28. The number of carbonyl (C=O) groups excluding carboxylic acids is 1. The van der Waals surface area contributed by atoms with Gasteiger partial charge in [-0.05, 0) is 50.4 Å². The third-order valence-corrected chi connectivity index (χ3v) is 4.40. The van der Waals surface area contributed by atoms with Crippen molar-refractivity contribution in [3.05, 3.63) is 30.3 Å². The van der Waals surface area contributed by atoms with Crippen LogP contribution in [0.25, 0.3) is 0 Å². The monoisotopic (exact) mass is 278 g/mol. The van der Waals surface area contributed by atoms with Crippen LogP contribution in [0.2, 0.25) is 0 Å². The Morgan fingerprint density at radius 1 is 1.37 bits per heavy atom. The van der Waals surface area contributed by atoms with Gasteiger partial charge in [0.2, 0.25) is 5.91 Å². The number of thioether (sulfide) groups is 1. The van der Waals surface area contributed by atoms with Crippen molar-refractivity contribution in [2.24, 2.45) is 5.92 Å². The van der Waals surface area contributed by atoms with Gasteiger partial charge in [-0.3, -0.25) is 4.79 Å². The Kier molecular flexibility index (Phi) is 6.24. The van der Waals surface area contributed by atoms with Crippen molar-refractivity contribution in [1.82, 2.24) is 10.6 Å². The largest absolute Gasteiger partial charge is 0.355 e. The van der Waals surface area contributed by atoms with Gasteiger partial charge in [-0.25, -0.2) is 0 Å². The second kappa shape index (κ2) is 8.23. The summed E-state index contributed by atoms with van der Waals surface area (Å²) >= 11 is 1.59. The van der Waals surface area contributed by atoms with Crippen molar-refractivity contribution in [3.8, 4) is 0 Å². The van der Waals surface area contributed by atoms with Crippen LogP contribution in [-0.4, -0.2) is 31.3 Å². The summed E-state index contributed by atoms with van der Waals surface area (Å²) in [6, 6.07) is 10.0. The van der Waals surface area contributed by atoms with Gasteiger partial charge in [0.15, 0.2) is 0 Å². The molecule has 0 aromatic heterocycles. The molecule has 19 heavy (non-hydrogen) atoms. The van der Waals surface area contributed by atoms with Crippen molar-refractivity contribution in [2.45, 2.75) is 24.2 Å². The molecule has 0 spiro atoms. The first-order valence-electron chi connectivity index (χ1n) is 7.00. The number of amides is 1. The van der Waals surface area contributed by atoms with Crippen LogP contribution in [0.5, 0.6) is 0 Å². The summed E-state index contributed by atoms with van der Waals surface area (Å²) in [7, 11) is 0. The van der Waals surface area contributed by atoms with E-state index < -0.39 is 0 Å². The number of piperidine rings is 1. The minimum atomic E-state index is 0.137. The Bertz CT molecular complexity index is 377. The zero-order valence-electron chi connectivity index (χ0n) is 11.2. The van der Waals surface area contributed by atoms with Crippen LogP contribution in [0.15, 0.2) is 35.2 Å². The van der Waals surface area contributed by atoms with E-state index in [4.69, 9.17) is 0 Å². The third-order valence-electron chi connectivity index (χ3n) is 3.39. The summed E-state index contributed by atoms with van der Waals surface area (Å²) in [4.78, 5) is 12.9. The topological polar surface area (TPSA) is 41.1 Å². The molecule has 0 aliphatic carbocycles. The Hall–Kier alpha value is -1.00. The summed E-state index contributed by atoms with van der Waals surface area (Å²) < 4.78 is 0. The summed E-state index contributed by atoms with van der Waals surface area (Å²) in [5, 5.41) is 6.42. The Labute approximate surface area is 119 Å². The summed E-state index contributed by atoms with van der Waals surface area (Å²) in [6.45, 7) is 3.06. The molecule has 1 fully saturated rings. The lowest BCUT2D eigenvalue weighted by Crippen LogP contribution is -2.33. The number of benzene rings is 1. The van der Waals surface area contributed by atoms with Crippen molar-refractivity contribution < 1.29 is 4.79 Å². The van der Waals surface area contributed by atoms with Crippen molar-refractivity contribution in [3.63, 3.8) is 0 Å². The molecule has 1 aromatic rings. The van der Waals surface area contributed by atoms with Crippen LogP contribution in [0, 0.1) is 5.92 Å². The maximum absolute atomic E-state index is 11.7. The van der Waals surface area contributed by atoms with E-state index >= 15 is 0 Å².